The highest BCUT2D eigenvalue weighted by molar-refractivity contribution is 5.71. The van der Waals surface area contributed by atoms with Gasteiger partial charge in [-0.3, -0.25) is 4.99 Å². The normalized spacial score (nSPS) is 11.1. The molecule has 1 nitrogen and oxygen atoms in total. The van der Waals surface area contributed by atoms with Gasteiger partial charge in [-0.2, -0.15) is 0 Å². The summed E-state index contributed by atoms with van der Waals surface area (Å²) >= 11 is 0. The highest BCUT2D eigenvalue weighted by Crippen LogP contribution is 1.94. The quantitative estimate of drug-likeness (QED) is 0.524. The van der Waals surface area contributed by atoms with Crippen LogP contribution < -0.4 is 0 Å². The average Bonchev–Trinajstić information content (AvgIpc) is 2.04. The Morgan fingerprint density at radius 2 is 1.90 bits per heavy atom. The first-order valence-corrected chi connectivity index (χ1v) is 3.89. The van der Waals surface area contributed by atoms with E-state index >= 15 is 0 Å². The van der Waals surface area contributed by atoms with Crippen LogP contribution in [-0.4, -0.2) is 13.3 Å². The summed E-state index contributed by atoms with van der Waals surface area (Å²) in [6.45, 7) is 8.23. The van der Waals surface area contributed by atoms with E-state index in [4.69, 9.17) is 0 Å². The summed E-state index contributed by atoms with van der Waals surface area (Å²) < 4.78 is 0. The molecule has 10 heavy (non-hydrogen) atoms. The Labute approximate surface area is 64.9 Å². The van der Waals surface area contributed by atoms with Gasteiger partial charge in [0, 0.05) is 13.3 Å². The number of nitrogens with zero attached hydrogens (tertiary/aromatic N) is 1. The van der Waals surface area contributed by atoms with E-state index in [1.54, 1.807) is 7.05 Å². The van der Waals surface area contributed by atoms with Gasteiger partial charge in [0.2, 0.25) is 0 Å². The molecule has 0 N–H and O–H groups in total. The molecular formula is C9H19N. The van der Waals surface area contributed by atoms with Gasteiger partial charge >= 0.3 is 0 Å². The van der Waals surface area contributed by atoms with Crippen molar-refractivity contribution in [3.63, 3.8) is 0 Å². The summed E-state index contributed by atoms with van der Waals surface area (Å²) in [5.41, 5.74) is 1.37. The van der Waals surface area contributed by atoms with Gasteiger partial charge in [-0.25, -0.2) is 0 Å². The molecule has 60 valence electrons. The lowest BCUT2D eigenvalue weighted by molar-refractivity contribution is 1.10. The lowest BCUT2D eigenvalue weighted by Crippen LogP contribution is -1.71. The Morgan fingerprint density at radius 1 is 1.40 bits per heavy atom. The van der Waals surface area contributed by atoms with E-state index in [0.29, 0.717) is 0 Å². The fourth-order valence-corrected chi connectivity index (χ4v) is 0.320. The van der Waals surface area contributed by atoms with Gasteiger partial charge in [0.15, 0.2) is 0 Å². The Bertz CT molecular complexity index is 101. The van der Waals surface area contributed by atoms with Crippen LogP contribution in [-0.2, 0) is 0 Å². The molecule has 0 aliphatic rings. The third kappa shape index (κ3) is 10.4. The largest absolute Gasteiger partial charge is 0.297 e. The minimum absolute atomic E-state index is 1.12. The van der Waals surface area contributed by atoms with E-state index in [2.05, 4.69) is 18.8 Å². The van der Waals surface area contributed by atoms with Crippen LogP contribution in [0.1, 0.15) is 34.1 Å². The Kier molecular flexibility index (Phi) is 13.6. The molecule has 0 fully saturated rings. The topological polar surface area (TPSA) is 12.4 Å². The number of aliphatic imine (C=N–C) groups is 1. The molecule has 0 atom stereocenters. The molecule has 0 aliphatic heterocycles. The lowest BCUT2D eigenvalue weighted by Gasteiger charge is -1.86. The SMILES string of the molecule is CC.CC/C(C)=C\C=NC. The number of hydrogen-bond acceptors (Lipinski definition) is 1. The molecule has 0 aromatic heterocycles. The minimum atomic E-state index is 1.12. The second-order valence-corrected chi connectivity index (χ2v) is 1.77. The standard InChI is InChI=1S/C7H13N.C2H6/c1-4-7(2)5-6-8-3;1-2/h5-6H,4H2,1-3H3;1-2H3/b7-5-,8-6?;. The minimum Gasteiger partial charge on any atom is -0.297 e. The molecule has 1 heteroatoms. The lowest BCUT2D eigenvalue weighted by atomic mass is 10.2. The second kappa shape index (κ2) is 11.2. The van der Waals surface area contributed by atoms with Gasteiger partial charge in [-0.1, -0.05) is 26.3 Å². The third-order valence-corrected chi connectivity index (χ3v) is 1.07. The van der Waals surface area contributed by atoms with Crippen LogP contribution in [0.25, 0.3) is 0 Å². The van der Waals surface area contributed by atoms with Gasteiger partial charge in [0.05, 0.1) is 0 Å². The Balaban J connectivity index is 0. The fourth-order valence-electron chi connectivity index (χ4n) is 0.320. The van der Waals surface area contributed by atoms with Crippen molar-refractivity contribution in [3.05, 3.63) is 11.6 Å². The smallest absolute Gasteiger partial charge is 0.0277 e. The monoisotopic (exact) mass is 141 g/mol. The van der Waals surface area contributed by atoms with Crippen molar-refractivity contribution in [2.45, 2.75) is 34.1 Å². The molecule has 0 saturated heterocycles. The predicted octanol–water partition coefficient (Wildman–Crippen LogP) is 3.07. The van der Waals surface area contributed by atoms with Crippen LogP contribution in [0.5, 0.6) is 0 Å². The third-order valence-electron chi connectivity index (χ3n) is 1.07. The van der Waals surface area contributed by atoms with E-state index in [9.17, 15) is 0 Å². The van der Waals surface area contributed by atoms with Gasteiger partial charge in [0.1, 0.15) is 0 Å². The summed E-state index contributed by atoms with van der Waals surface area (Å²) in [7, 11) is 1.78. The van der Waals surface area contributed by atoms with Crippen molar-refractivity contribution in [1.82, 2.24) is 0 Å². The van der Waals surface area contributed by atoms with Crippen LogP contribution in [0.4, 0.5) is 0 Å². The maximum absolute atomic E-state index is 3.82. The summed E-state index contributed by atoms with van der Waals surface area (Å²) in [6, 6.07) is 0. The zero-order valence-corrected chi connectivity index (χ0v) is 7.81. The maximum atomic E-state index is 3.82. The van der Waals surface area contributed by atoms with Crippen LogP contribution in [0.2, 0.25) is 0 Å². The molecule has 0 heterocycles. The number of hydrogen-bond donors (Lipinski definition) is 0. The van der Waals surface area contributed by atoms with Gasteiger partial charge in [0.25, 0.3) is 0 Å². The van der Waals surface area contributed by atoms with Crippen molar-refractivity contribution in [1.29, 1.82) is 0 Å². The Hall–Kier alpha value is -0.590. The molecule has 0 spiro atoms. The van der Waals surface area contributed by atoms with Gasteiger partial charge < -0.3 is 0 Å². The first-order valence-electron chi connectivity index (χ1n) is 3.89. The molecule has 0 saturated carbocycles. The maximum Gasteiger partial charge on any atom is 0.0277 e. The predicted molar refractivity (Wildman–Crippen MR) is 49.8 cm³/mol. The summed E-state index contributed by atoms with van der Waals surface area (Å²) in [5, 5.41) is 0. The van der Waals surface area contributed by atoms with Crippen molar-refractivity contribution < 1.29 is 0 Å². The zero-order chi connectivity index (χ0) is 8.41. The van der Waals surface area contributed by atoms with E-state index < -0.39 is 0 Å². The zero-order valence-electron chi connectivity index (χ0n) is 7.81. The second-order valence-electron chi connectivity index (χ2n) is 1.77. The van der Waals surface area contributed by atoms with E-state index in [1.807, 2.05) is 26.1 Å². The first kappa shape index (κ1) is 12.1. The van der Waals surface area contributed by atoms with Crippen LogP contribution in [0, 0.1) is 0 Å². The molecular weight excluding hydrogens is 122 g/mol. The van der Waals surface area contributed by atoms with Crippen molar-refractivity contribution in [3.8, 4) is 0 Å². The molecule has 0 aromatic carbocycles. The van der Waals surface area contributed by atoms with Crippen molar-refractivity contribution in [2.75, 3.05) is 7.05 Å². The van der Waals surface area contributed by atoms with E-state index in [0.717, 1.165) is 6.42 Å². The Morgan fingerprint density at radius 3 is 2.20 bits per heavy atom. The van der Waals surface area contributed by atoms with Crippen LogP contribution in [0.3, 0.4) is 0 Å². The summed E-state index contributed by atoms with van der Waals surface area (Å²) in [6.07, 6.45) is 4.96. The van der Waals surface area contributed by atoms with Crippen molar-refractivity contribution in [2.24, 2.45) is 4.99 Å². The molecule has 0 amide bonds. The molecule has 0 radical (unpaired) electrons. The van der Waals surface area contributed by atoms with E-state index in [1.165, 1.54) is 5.57 Å². The number of allylic oxidation sites excluding steroid dienone is 2. The first-order chi connectivity index (χ1) is 4.81. The van der Waals surface area contributed by atoms with Gasteiger partial charge in [-0.05, 0) is 19.4 Å². The highest BCUT2D eigenvalue weighted by Gasteiger charge is 1.76. The van der Waals surface area contributed by atoms with Gasteiger partial charge in [-0.15, -0.1) is 0 Å². The molecule has 0 rings (SSSR count). The highest BCUT2D eigenvalue weighted by atomic mass is 14.6. The average molecular weight is 141 g/mol. The molecule has 0 unspecified atom stereocenters. The molecule has 0 aliphatic carbocycles. The van der Waals surface area contributed by atoms with Crippen LogP contribution in [0.15, 0.2) is 16.6 Å². The van der Waals surface area contributed by atoms with Crippen molar-refractivity contribution >= 4 is 6.21 Å². The molecule has 0 bridgehead atoms. The van der Waals surface area contributed by atoms with Crippen LogP contribution >= 0.6 is 0 Å². The fraction of sp³-hybridized carbons (Fsp3) is 0.667. The summed E-state index contributed by atoms with van der Waals surface area (Å²) in [4.78, 5) is 3.82. The molecule has 0 aromatic rings. The summed E-state index contributed by atoms with van der Waals surface area (Å²) in [5.74, 6) is 0. The number of rotatable bonds is 2. The van der Waals surface area contributed by atoms with E-state index in [-0.39, 0.29) is 0 Å².